The summed E-state index contributed by atoms with van der Waals surface area (Å²) >= 11 is 0. The van der Waals surface area contributed by atoms with Crippen molar-refractivity contribution in [1.82, 2.24) is 15.1 Å². The second-order valence-electron chi connectivity index (χ2n) is 6.11. The van der Waals surface area contributed by atoms with Crippen LogP contribution in [0.5, 0.6) is 0 Å². The van der Waals surface area contributed by atoms with Gasteiger partial charge in [-0.1, -0.05) is 48.6 Å². The number of benzene rings is 1. The summed E-state index contributed by atoms with van der Waals surface area (Å²) in [6, 6.07) is 6.72. The molecule has 0 unspecified atom stereocenters. The lowest BCUT2D eigenvalue weighted by molar-refractivity contribution is 0.137. The molecule has 0 aliphatic carbocycles. The van der Waals surface area contributed by atoms with Gasteiger partial charge in [0.05, 0.1) is 0 Å². The molecule has 0 radical (unpaired) electrons. The van der Waals surface area contributed by atoms with Gasteiger partial charge in [-0.25, -0.2) is 0 Å². The molecule has 1 aliphatic heterocycles. The zero-order chi connectivity index (χ0) is 16.5. The van der Waals surface area contributed by atoms with Crippen molar-refractivity contribution in [2.75, 3.05) is 39.8 Å². The lowest BCUT2D eigenvalue weighted by Gasteiger charge is -2.34. The van der Waals surface area contributed by atoms with E-state index in [1.165, 1.54) is 16.7 Å². The molecule has 3 nitrogen and oxygen atoms in total. The number of nitrogens with one attached hydrogen (secondary N) is 1. The van der Waals surface area contributed by atoms with E-state index in [4.69, 9.17) is 0 Å². The summed E-state index contributed by atoms with van der Waals surface area (Å²) in [7, 11) is 1.91. The monoisotopic (exact) mass is 311 g/mol. The van der Waals surface area contributed by atoms with Gasteiger partial charge in [0.15, 0.2) is 0 Å². The maximum atomic E-state index is 3.88. The van der Waals surface area contributed by atoms with Crippen molar-refractivity contribution in [3.63, 3.8) is 0 Å². The highest BCUT2D eigenvalue weighted by atomic mass is 15.3. The molecule has 0 saturated carbocycles. The Morgan fingerprint density at radius 2 is 1.83 bits per heavy atom. The summed E-state index contributed by atoms with van der Waals surface area (Å²) in [6.45, 7) is 12.7. The minimum absolute atomic E-state index is 1.03. The average Bonchev–Trinajstić information content (AvgIpc) is 2.55. The first-order valence-corrected chi connectivity index (χ1v) is 8.38. The van der Waals surface area contributed by atoms with Crippen LogP contribution in [0.15, 0.2) is 49.2 Å². The summed E-state index contributed by atoms with van der Waals surface area (Å²) in [4.78, 5) is 5.05. The number of aryl methyl sites for hydroxylation is 1. The van der Waals surface area contributed by atoms with Crippen molar-refractivity contribution in [3.05, 3.63) is 65.9 Å². The first kappa shape index (κ1) is 17.5. The summed E-state index contributed by atoms with van der Waals surface area (Å²) in [5.74, 6) is 0. The first-order valence-electron chi connectivity index (χ1n) is 8.38. The SMILES string of the molecule is C=Cc1cc(C)cc(CN2CCN(C/C=C\C=C/NC)CC2)c1. The summed E-state index contributed by atoms with van der Waals surface area (Å²) in [5, 5.41) is 2.99. The fraction of sp³-hybridized carbons (Fsp3) is 0.400. The van der Waals surface area contributed by atoms with Gasteiger partial charge < -0.3 is 5.32 Å². The Morgan fingerprint density at radius 3 is 2.52 bits per heavy atom. The molecular formula is C20H29N3. The van der Waals surface area contributed by atoms with Crippen molar-refractivity contribution in [1.29, 1.82) is 0 Å². The molecule has 3 heteroatoms. The Kier molecular flexibility index (Phi) is 7.11. The molecular weight excluding hydrogens is 282 g/mol. The third-order valence-corrected chi connectivity index (χ3v) is 4.14. The van der Waals surface area contributed by atoms with Crippen LogP contribution in [0, 0.1) is 6.92 Å². The highest BCUT2D eigenvalue weighted by Gasteiger charge is 2.16. The van der Waals surface area contributed by atoms with Gasteiger partial charge in [0.25, 0.3) is 0 Å². The van der Waals surface area contributed by atoms with E-state index in [9.17, 15) is 0 Å². The second-order valence-corrected chi connectivity index (χ2v) is 6.11. The molecule has 1 heterocycles. The van der Waals surface area contributed by atoms with Gasteiger partial charge in [-0.15, -0.1) is 0 Å². The van der Waals surface area contributed by atoms with Crippen LogP contribution in [-0.2, 0) is 6.54 Å². The van der Waals surface area contributed by atoms with Crippen LogP contribution in [0.3, 0.4) is 0 Å². The normalized spacial score (nSPS) is 17.1. The lowest BCUT2D eigenvalue weighted by Crippen LogP contribution is -2.45. The van der Waals surface area contributed by atoms with Crippen molar-refractivity contribution in [3.8, 4) is 0 Å². The molecule has 0 amide bonds. The average molecular weight is 311 g/mol. The summed E-state index contributed by atoms with van der Waals surface area (Å²) in [5.41, 5.74) is 3.93. The minimum atomic E-state index is 1.03. The van der Waals surface area contributed by atoms with Crippen molar-refractivity contribution >= 4 is 6.08 Å². The zero-order valence-corrected chi connectivity index (χ0v) is 14.5. The number of allylic oxidation sites excluding steroid dienone is 2. The maximum absolute atomic E-state index is 3.88. The Balaban J connectivity index is 1.78. The topological polar surface area (TPSA) is 18.5 Å². The largest absolute Gasteiger partial charge is 0.394 e. The van der Waals surface area contributed by atoms with Gasteiger partial charge in [-0.2, -0.15) is 0 Å². The summed E-state index contributed by atoms with van der Waals surface area (Å²) < 4.78 is 0. The second kappa shape index (κ2) is 9.33. The molecule has 1 aromatic rings. The van der Waals surface area contributed by atoms with E-state index in [2.05, 4.69) is 59.0 Å². The molecule has 1 saturated heterocycles. The van der Waals surface area contributed by atoms with Gasteiger partial charge >= 0.3 is 0 Å². The van der Waals surface area contributed by atoms with Crippen LogP contribution in [0.25, 0.3) is 6.08 Å². The van der Waals surface area contributed by atoms with Crippen LogP contribution >= 0.6 is 0 Å². The molecule has 124 valence electrons. The number of piperazine rings is 1. The van der Waals surface area contributed by atoms with Crippen molar-refractivity contribution in [2.45, 2.75) is 13.5 Å². The lowest BCUT2D eigenvalue weighted by atomic mass is 10.1. The molecule has 0 atom stereocenters. The quantitative estimate of drug-likeness (QED) is 0.781. The third kappa shape index (κ3) is 6.05. The summed E-state index contributed by atoms with van der Waals surface area (Å²) in [6.07, 6.45) is 10.2. The number of hydrogen-bond acceptors (Lipinski definition) is 3. The molecule has 1 fully saturated rings. The smallest absolute Gasteiger partial charge is 0.0235 e. The van der Waals surface area contributed by atoms with Crippen LogP contribution in [0.4, 0.5) is 0 Å². The first-order chi connectivity index (χ1) is 11.2. The van der Waals surface area contributed by atoms with E-state index in [0.717, 1.165) is 39.3 Å². The van der Waals surface area contributed by atoms with Crippen LogP contribution in [0.2, 0.25) is 0 Å². The predicted octanol–water partition coefficient (Wildman–Crippen LogP) is 3.04. The molecule has 2 rings (SSSR count). The number of rotatable bonds is 7. The third-order valence-electron chi connectivity index (χ3n) is 4.14. The Bertz CT molecular complexity index is 552. The zero-order valence-electron chi connectivity index (χ0n) is 14.5. The Morgan fingerprint density at radius 1 is 1.09 bits per heavy atom. The molecule has 0 spiro atoms. The van der Waals surface area contributed by atoms with Gasteiger partial charge in [0.1, 0.15) is 0 Å². The standard InChI is InChI=1S/C20H29N3/c1-4-19-14-18(2)15-20(16-19)17-23-12-10-22(11-13-23)9-7-5-6-8-21-3/h4-8,14-16,21H,1,9-13,17H2,2-3H3/b7-5-,8-6-. The fourth-order valence-corrected chi connectivity index (χ4v) is 2.93. The van der Waals surface area contributed by atoms with Gasteiger partial charge in [0, 0.05) is 46.3 Å². The highest BCUT2D eigenvalue weighted by molar-refractivity contribution is 5.49. The van der Waals surface area contributed by atoms with Crippen LogP contribution in [-0.4, -0.2) is 49.6 Å². The molecule has 0 bridgehead atoms. The van der Waals surface area contributed by atoms with Crippen LogP contribution < -0.4 is 5.32 Å². The number of nitrogens with zero attached hydrogens (tertiary/aromatic N) is 2. The predicted molar refractivity (Wildman–Crippen MR) is 100 cm³/mol. The Labute approximate surface area is 141 Å². The van der Waals surface area contributed by atoms with E-state index in [-0.39, 0.29) is 0 Å². The van der Waals surface area contributed by atoms with E-state index in [1.54, 1.807) is 0 Å². The molecule has 1 aromatic carbocycles. The van der Waals surface area contributed by atoms with E-state index < -0.39 is 0 Å². The van der Waals surface area contributed by atoms with E-state index >= 15 is 0 Å². The minimum Gasteiger partial charge on any atom is -0.394 e. The van der Waals surface area contributed by atoms with Gasteiger partial charge in [-0.05, 0) is 30.3 Å². The highest BCUT2D eigenvalue weighted by Crippen LogP contribution is 2.14. The number of hydrogen-bond donors (Lipinski definition) is 1. The molecule has 1 aliphatic rings. The van der Waals surface area contributed by atoms with Crippen LogP contribution in [0.1, 0.15) is 16.7 Å². The molecule has 23 heavy (non-hydrogen) atoms. The molecule has 1 N–H and O–H groups in total. The van der Waals surface area contributed by atoms with Gasteiger partial charge in [-0.3, -0.25) is 9.80 Å². The van der Waals surface area contributed by atoms with E-state index in [0.29, 0.717) is 0 Å². The van der Waals surface area contributed by atoms with Crippen molar-refractivity contribution < 1.29 is 0 Å². The maximum Gasteiger partial charge on any atom is 0.0235 e. The Hall–Kier alpha value is -1.84. The fourth-order valence-electron chi connectivity index (χ4n) is 2.93. The van der Waals surface area contributed by atoms with Crippen molar-refractivity contribution in [2.24, 2.45) is 0 Å². The molecule has 0 aromatic heterocycles. The van der Waals surface area contributed by atoms with E-state index in [1.807, 2.05) is 25.4 Å². The van der Waals surface area contributed by atoms with Gasteiger partial charge in [0.2, 0.25) is 0 Å².